The maximum absolute atomic E-state index is 11.9. The third kappa shape index (κ3) is 4.77. The van der Waals surface area contributed by atoms with E-state index >= 15 is 0 Å². The molecule has 3 aromatic rings. The molecule has 3 rings (SSSR count). The van der Waals surface area contributed by atoms with Gasteiger partial charge in [0, 0.05) is 27.3 Å². The molecule has 1 atom stereocenters. The summed E-state index contributed by atoms with van der Waals surface area (Å²) in [6, 6.07) is 11.6. The van der Waals surface area contributed by atoms with E-state index in [0.717, 1.165) is 32.4 Å². The topological polar surface area (TPSA) is 92.9 Å². The van der Waals surface area contributed by atoms with Crippen LogP contribution in [0.2, 0.25) is 0 Å². The molecule has 1 heterocycles. The van der Waals surface area contributed by atoms with Gasteiger partial charge in [0.2, 0.25) is 0 Å². The molecule has 0 aliphatic heterocycles. The zero-order valence-corrected chi connectivity index (χ0v) is 17.6. The number of nitrogens with zero attached hydrogens (tertiary/aromatic N) is 2. The van der Waals surface area contributed by atoms with Crippen LogP contribution in [-0.2, 0) is 16.3 Å². The molecular weight excluding hydrogens is 426 g/mol. The Kier molecular flexibility index (Phi) is 5.69. The Balaban J connectivity index is 1.87. The number of anilines is 2. The highest BCUT2D eigenvalue weighted by atomic mass is 79.9. The molecule has 142 valence electrons. The van der Waals surface area contributed by atoms with Crippen molar-refractivity contribution in [1.82, 2.24) is 9.97 Å². The molecule has 0 aliphatic rings. The van der Waals surface area contributed by atoms with E-state index in [0.29, 0.717) is 11.4 Å². The van der Waals surface area contributed by atoms with E-state index in [4.69, 9.17) is 5.14 Å². The lowest BCUT2D eigenvalue weighted by Crippen LogP contribution is -2.12. The fourth-order valence-corrected chi connectivity index (χ4v) is 3.81. The number of hydrogen-bond donors (Lipinski definition) is 3. The summed E-state index contributed by atoms with van der Waals surface area (Å²) >= 11 is 3.62. The molecule has 27 heavy (non-hydrogen) atoms. The van der Waals surface area contributed by atoms with Crippen molar-refractivity contribution in [2.75, 3.05) is 10.6 Å². The van der Waals surface area contributed by atoms with Crippen LogP contribution >= 0.6 is 15.9 Å². The molecular formula is C19H22BrN5OS. The molecule has 0 spiro atoms. The van der Waals surface area contributed by atoms with Crippen LogP contribution in [0.1, 0.15) is 19.4 Å². The van der Waals surface area contributed by atoms with Crippen molar-refractivity contribution >= 4 is 53.9 Å². The van der Waals surface area contributed by atoms with Gasteiger partial charge in [-0.15, -0.1) is 0 Å². The summed E-state index contributed by atoms with van der Waals surface area (Å²) in [4.78, 5) is 9.25. The quantitative estimate of drug-likeness (QED) is 0.500. The third-order valence-corrected chi connectivity index (χ3v) is 5.64. The van der Waals surface area contributed by atoms with E-state index in [9.17, 15) is 4.21 Å². The first kappa shape index (κ1) is 19.6. The van der Waals surface area contributed by atoms with Crippen LogP contribution in [0.3, 0.4) is 0 Å². The molecule has 0 bridgehead atoms. The van der Waals surface area contributed by atoms with Gasteiger partial charge in [0.15, 0.2) is 0 Å². The van der Waals surface area contributed by atoms with Gasteiger partial charge >= 0.3 is 0 Å². The van der Waals surface area contributed by atoms with Crippen molar-refractivity contribution in [2.24, 2.45) is 5.14 Å². The van der Waals surface area contributed by atoms with Gasteiger partial charge in [-0.1, -0.05) is 12.1 Å². The van der Waals surface area contributed by atoms with Crippen molar-refractivity contribution in [3.63, 3.8) is 0 Å². The maximum Gasteiger partial charge on any atom is 0.137 e. The summed E-state index contributed by atoms with van der Waals surface area (Å²) in [6.45, 7) is 4.69. The Morgan fingerprint density at radius 3 is 2.74 bits per heavy atom. The largest absolute Gasteiger partial charge is 0.380 e. The zero-order chi connectivity index (χ0) is 19.6. The summed E-state index contributed by atoms with van der Waals surface area (Å²) in [5, 5.41) is 13.3. The highest BCUT2D eigenvalue weighted by Gasteiger charge is 2.10. The van der Waals surface area contributed by atoms with Crippen LogP contribution in [-0.4, -0.2) is 26.1 Å². The first-order valence-corrected chi connectivity index (χ1v) is 11.0. The summed E-state index contributed by atoms with van der Waals surface area (Å²) < 4.78 is 12.9. The Labute approximate surface area is 167 Å². The van der Waals surface area contributed by atoms with Crippen LogP contribution in [0.15, 0.2) is 52.1 Å². The van der Waals surface area contributed by atoms with Gasteiger partial charge in [-0.2, -0.15) is 0 Å². The van der Waals surface area contributed by atoms with Crippen LogP contribution in [0.25, 0.3) is 10.9 Å². The fraction of sp³-hybridized carbons (Fsp3) is 0.211. The molecule has 0 saturated heterocycles. The van der Waals surface area contributed by atoms with Gasteiger partial charge in [0.1, 0.15) is 12.1 Å². The van der Waals surface area contributed by atoms with Gasteiger partial charge < -0.3 is 10.6 Å². The van der Waals surface area contributed by atoms with E-state index in [2.05, 4.69) is 56.2 Å². The monoisotopic (exact) mass is 447 g/mol. The van der Waals surface area contributed by atoms with E-state index in [1.807, 2.05) is 30.3 Å². The van der Waals surface area contributed by atoms with E-state index in [-0.39, 0.29) is 6.04 Å². The average molecular weight is 448 g/mol. The van der Waals surface area contributed by atoms with Gasteiger partial charge in [0.25, 0.3) is 0 Å². The minimum Gasteiger partial charge on any atom is -0.380 e. The Morgan fingerprint density at radius 2 is 2.04 bits per heavy atom. The Hall–Kier alpha value is -2.16. The summed E-state index contributed by atoms with van der Waals surface area (Å²) in [5.41, 5.74) is 2.71. The number of halogens is 1. The zero-order valence-electron chi connectivity index (χ0n) is 15.2. The first-order chi connectivity index (χ1) is 12.7. The van der Waals surface area contributed by atoms with E-state index in [1.165, 1.54) is 0 Å². The molecule has 1 aromatic heterocycles. The molecule has 0 saturated carbocycles. The fourth-order valence-electron chi connectivity index (χ4n) is 2.67. The second-order valence-corrected chi connectivity index (χ2v) is 9.38. The van der Waals surface area contributed by atoms with Crippen molar-refractivity contribution in [3.05, 3.63) is 52.8 Å². The van der Waals surface area contributed by atoms with Crippen molar-refractivity contribution < 1.29 is 4.21 Å². The lowest BCUT2D eigenvalue weighted by Gasteiger charge is -2.14. The SMILES string of the molecule is C=S(N)(=O)c1cccc(CNc2cc3ncnc(NC(C)C)c3cc2Br)c1. The highest BCUT2D eigenvalue weighted by Crippen LogP contribution is 2.31. The second-order valence-electron chi connectivity index (χ2n) is 6.60. The number of rotatable bonds is 6. The molecule has 0 amide bonds. The highest BCUT2D eigenvalue weighted by molar-refractivity contribution is 9.10. The maximum atomic E-state index is 11.9. The van der Waals surface area contributed by atoms with Crippen LogP contribution in [0.5, 0.6) is 0 Å². The normalized spacial score (nSPS) is 13.5. The van der Waals surface area contributed by atoms with Gasteiger partial charge in [-0.05, 0) is 65.5 Å². The Bertz CT molecular complexity index is 1080. The number of hydrogen-bond acceptors (Lipinski definition) is 5. The molecule has 6 nitrogen and oxygen atoms in total. The van der Waals surface area contributed by atoms with Gasteiger partial charge in [0.05, 0.1) is 20.9 Å². The van der Waals surface area contributed by atoms with Crippen molar-refractivity contribution in [1.29, 1.82) is 0 Å². The minimum atomic E-state index is -2.72. The number of fused-ring (bicyclic) bond motifs is 1. The lowest BCUT2D eigenvalue weighted by molar-refractivity contribution is 0.682. The summed E-state index contributed by atoms with van der Waals surface area (Å²) in [6.07, 6.45) is 1.56. The van der Waals surface area contributed by atoms with Gasteiger partial charge in [-0.25, -0.2) is 14.2 Å². The summed E-state index contributed by atoms with van der Waals surface area (Å²) in [5.74, 6) is 4.34. The van der Waals surface area contributed by atoms with Crippen LogP contribution < -0.4 is 15.8 Å². The minimum absolute atomic E-state index is 0.276. The number of aromatic nitrogens is 2. The molecule has 8 heteroatoms. The first-order valence-electron chi connectivity index (χ1n) is 8.42. The number of nitrogens with one attached hydrogen (secondary N) is 2. The molecule has 1 unspecified atom stereocenters. The number of nitrogens with two attached hydrogens (primary N) is 1. The lowest BCUT2D eigenvalue weighted by atomic mass is 10.2. The van der Waals surface area contributed by atoms with Crippen molar-refractivity contribution in [2.45, 2.75) is 31.3 Å². The van der Waals surface area contributed by atoms with Crippen LogP contribution in [0.4, 0.5) is 11.5 Å². The standard InChI is InChI=1S/C19H22BrN5OS/c1-12(2)25-19-15-8-16(20)18(9-17(15)23-11-24-19)22-10-13-5-4-6-14(7-13)27(3,21)26/h4-9,11-12,22H,3,10H2,1-2H3,(H2,21,26)(H,23,24,25). The van der Waals surface area contributed by atoms with E-state index < -0.39 is 9.71 Å². The van der Waals surface area contributed by atoms with E-state index in [1.54, 1.807) is 12.4 Å². The molecule has 2 aromatic carbocycles. The molecule has 4 N–H and O–H groups in total. The third-order valence-electron chi connectivity index (χ3n) is 3.93. The molecule has 0 radical (unpaired) electrons. The molecule has 0 fully saturated rings. The predicted molar refractivity (Wildman–Crippen MR) is 117 cm³/mol. The van der Waals surface area contributed by atoms with Crippen LogP contribution in [0, 0.1) is 0 Å². The average Bonchev–Trinajstić information content (AvgIpc) is 2.60. The second kappa shape index (κ2) is 7.84. The van der Waals surface area contributed by atoms with Crippen molar-refractivity contribution in [3.8, 4) is 0 Å². The Morgan fingerprint density at radius 1 is 1.26 bits per heavy atom. The number of benzene rings is 2. The predicted octanol–water partition coefficient (Wildman–Crippen LogP) is 3.77. The summed E-state index contributed by atoms with van der Waals surface area (Å²) in [7, 11) is -2.72. The smallest absolute Gasteiger partial charge is 0.137 e. The van der Waals surface area contributed by atoms with Gasteiger partial charge in [-0.3, -0.25) is 5.14 Å². The molecule has 0 aliphatic carbocycles.